The van der Waals surface area contributed by atoms with Gasteiger partial charge in [0.05, 0.1) is 26.3 Å². The van der Waals surface area contributed by atoms with Crippen molar-refractivity contribution >= 4 is 5.97 Å². The quantitative estimate of drug-likeness (QED) is 0.212. The smallest absolute Gasteiger partial charge is 0.309 e. The Morgan fingerprint density at radius 2 is 1.74 bits per heavy atom. The Hall–Kier alpha value is -3.45. The third kappa shape index (κ3) is 6.72. The number of halogens is 1. The van der Waals surface area contributed by atoms with E-state index in [1.807, 2.05) is 13.0 Å². The summed E-state index contributed by atoms with van der Waals surface area (Å²) in [6.07, 6.45) is 5.12. The maximum Gasteiger partial charge on any atom is 0.309 e. The summed E-state index contributed by atoms with van der Waals surface area (Å²) >= 11 is 0. The van der Waals surface area contributed by atoms with Gasteiger partial charge in [-0.25, -0.2) is 9.37 Å². The van der Waals surface area contributed by atoms with Crippen LogP contribution in [0.5, 0.6) is 11.6 Å². The molecule has 0 unspecified atom stereocenters. The second-order valence-corrected chi connectivity index (χ2v) is 12.7. The van der Waals surface area contributed by atoms with Crippen LogP contribution in [0.4, 0.5) is 4.39 Å². The van der Waals surface area contributed by atoms with Crippen LogP contribution in [0.2, 0.25) is 0 Å². The summed E-state index contributed by atoms with van der Waals surface area (Å²) in [7, 11) is 3.00. The van der Waals surface area contributed by atoms with Crippen molar-refractivity contribution in [1.29, 1.82) is 0 Å². The Balaban J connectivity index is 1.49. The fourth-order valence-electron chi connectivity index (χ4n) is 6.69. The predicted octanol–water partition coefficient (Wildman–Crippen LogP) is 7.88. The van der Waals surface area contributed by atoms with E-state index in [9.17, 15) is 4.79 Å². The van der Waals surface area contributed by atoms with Crippen molar-refractivity contribution in [2.24, 2.45) is 11.8 Å². The number of nitrogens with zero attached hydrogens (tertiary/aromatic N) is 2. The van der Waals surface area contributed by atoms with Crippen LogP contribution < -0.4 is 9.47 Å². The minimum Gasteiger partial charge on any atom is -0.485 e. The van der Waals surface area contributed by atoms with Crippen molar-refractivity contribution in [3.8, 4) is 22.8 Å². The van der Waals surface area contributed by atoms with Crippen LogP contribution >= 0.6 is 0 Å². The first-order valence-corrected chi connectivity index (χ1v) is 15.6. The maximum atomic E-state index is 15.2. The number of carbonyl (C=O) groups excluding carboxylic acids is 1. The van der Waals surface area contributed by atoms with E-state index in [-0.39, 0.29) is 29.7 Å². The Morgan fingerprint density at radius 3 is 2.40 bits per heavy atom. The fraction of sp³-hybridized carbons (Fsp3) is 0.500. The average molecular weight is 589 g/mol. The van der Waals surface area contributed by atoms with Crippen LogP contribution in [0, 0.1) is 17.7 Å². The molecule has 5 rings (SSSR count). The van der Waals surface area contributed by atoms with E-state index >= 15 is 4.39 Å². The second-order valence-electron chi connectivity index (χ2n) is 12.7. The summed E-state index contributed by atoms with van der Waals surface area (Å²) in [5, 5.41) is 0. The average Bonchev–Trinajstić information content (AvgIpc) is 3.84. The van der Waals surface area contributed by atoms with Gasteiger partial charge in [-0.3, -0.25) is 9.69 Å². The molecular formula is C36H45FN2O4. The highest BCUT2D eigenvalue weighted by molar-refractivity contribution is 5.73. The fourth-order valence-corrected chi connectivity index (χ4v) is 6.69. The normalized spacial score (nSPS) is 17.9. The summed E-state index contributed by atoms with van der Waals surface area (Å²) < 4.78 is 32.3. The Labute approximate surface area is 255 Å². The van der Waals surface area contributed by atoms with Gasteiger partial charge in [-0.1, -0.05) is 37.3 Å². The van der Waals surface area contributed by atoms with Gasteiger partial charge in [0.1, 0.15) is 17.7 Å². The molecule has 1 aliphatic carbocycles. The van der Waals surface area contributed by atoms with Gasteiger partial charge in [-0.05, 0) is 99.1 Å². The van der Waals surface area contributed by atoms with Gasteiger partial charge in [-0.15, -0.1) is 0 Å². The molecule has 43 heavy (non-hydrogen) atoms. The van der Waals surface area contributed by atoms with Gasteiger partial charge in [0.2, 0.25) is 5.88 Å². The highest BCUT2D eigenvalue weighted by atomic mass is 19.1. The minimum absolute atomic E-state index is 0.123. The van der Waals surface area contributed by atoms with E-state index in [2.05, 4.69) is 67.9 Å². The van der Waals surface area contributed by atoms with E-state index in [1.165, 1.54) is 18.9 Å². The SMILES string of the molecule is COC(=O)[C@@H](C)[C@H](c1ccc2c(c1)O[C@H](c1ccc(-c3cc(OC)ncc3F)c(CN(C(C)C)C(C)C)c1)CC2)C1CC1. The van der Waals surface area contributed by atoms with Gasteiger partial charge in [0.25, 0.3) is 0 Å². The number of hydrogen-bond donors (Lipinski definition) is 0. The monoisotopic (exact) mass is 588 g/mol. The van der Waals surface area contributed by atoms with Crippen LogP contribution in [-0.4, -0.2) is 42.2 Å². The second kappa shape index (κ2) is 13.0. The largest absolute Gasteiger partial charge is 0.485 e. The molecule has 0 amide bonds. The zero-order chi connectivity index (χ0) is 30.8. The standard InChI is InChI=1S/C36H45FN2O4/c1-21(2)39(22(3)4)20-28-16-26(12-14-29(28)30-18-34(41-6)38-19-31(30)37)32-15-13-24-8-11-27(17-33(24)43-32)35(25-9-10-25)23(5)36(40)42-7/h8,11-12,14,16-19,21-23,25,32,35H,9-10,13,15,20H2,1-7H3/t23-,32-,35-/m0/s1. The molecule has 7 heteroatoms. The zero-order valence-electron chi connectivity index (χ0n) is 26.5. The summed E-state index contributed by atoms with van der Waals surface area (Å²) in [5.74, 6) is 1.14. The molecule has 1 fully saturated rings. The molecule has 2 heterocycles. The lowest BCUT2D eigenvalue weighted by molar-refractivity contribution is -0.145. The zero-order valence-corrected chi connectivity index (χ0v) is 26.5. The number of fused-ring (bicyclic) bond motifs is 1. The third-order valence-electron chi connectivity index (χ3n) is 9.17. The van der Waals surface area contributed by atoms with Crippen molar-refractivity contribution < 1.29 is 23.4 Å². The lowest BCUT2D eigenvalue weighted by Crippen LogP contribution is -2.36. The molecule has 3 aromatic rings. The Kier molecular flexibility index (Phi) is 9.40. The molecule has 0 saturated heterocycles. The van der Waals surface area contributed by atoms with Crippen molar-refractivity contribution in [3.05, 3.63) is 76.7 Å². The van der Waals surface area contributed by atoms with Gasteiger partial charge >= 0.3 is 5.97 Å². The molecule has 0 spiro atoms. The highest BCUT2D eigenvalue weighted by Crippen LogP contribution is 2.48. The van der Waals surface area contributed by atoms with Crippen molar-refractivity contribution in [1.82, 2.24) is 9.88 Å². The number of pyridine rings is 1. The molecule has 230 valence electrons. The summed E-state index contributed by atoms with van der Waals surface area (Å²) in [6, 6.07) is 15.0. The van der Waals surface area contributed by atoms with E-state index in [0.717, 1.165) is 53.7 Å². The van der Waals surface area contributed by atoms with Crippen molar-refractivity contribution in [2.45, 2.75) is 91.0 Å². The number of aromatic nitrogens is 1. The number of carbonyl (C=O) groups is 1. The topological polar surface area (TPSA) is 60.9 Å². The minimum atomic E-state index is -0.378. The molecular weight excluding hydrogens is 543 g/mol. The molecule has 2 aliphatic rings. The predicted molar refractivity (Wildman–Crippen MR) is 167 cm³/mol. The first kappa shape index (κ1) is 31.0. The van der Waals surface area contributed by atoms with Crippen LogP contribution in [0.25, 0.3) is 11.1 Å². The van der Waals surface area contributed by atoms with E-state index in [1.54, 1.807) is 13.2 Å². The molecule has 6 nitrogen and oxygen atoms in total. The Bertz CT molecular complexity index is 1440. The molecule has 3 atom stereocenters. The first-order valence-electron chi connectivity index (χ1n) is 15.6. The summed E-state index contributed by atoms with van der Waals surface area (Å²) in [4.78, 5) is 18.9. The van der Waals surface area contributed by atoms with Crippen LogP contribution in [0.1, 0.15) is 88.2 Å². The summed E-state index contributed by atoms with van der Waals surface area (Å²) in [5.41, 5.74) is 5.75. The number of rotatable bonds is 11. The van der Waals surface area contributed by atoms with Crippen molar-refractivity contribution in [2.75, 3.05) is 14.2 Å². The molecule has 1 aromatic heterocycles. The maximum absolute atomic E-state index is 15.2. The molecule has 0 N–H and O–H groups in total. The van der Waals surface area contributed by atoms with E-state index < -0.39 is 0 Å². The van der Waals surface area contributed by atoms with Gasteiger partial charge < -0.3 is 14.2 Å². The van der Waals surface area contributed by atoms with Crippen molar-refractivity contribution in [3.63, 3.8) is 0 Å². The number of hydrogen-bond acceptors (Lipinski definition) is 6. The van der Waals surface area contributed by atoms with Crippen LogP contribution in [-0.2, 0) is 22.5 Å². The van der Waals surface area contributed by atoms with Crippen LogP contribution in [0.15, 0.2) is 48.7 Å². The lowest BCUT2D eigenvalue weighted by atomic mass is 9.82. The first-order chi connectivity index (χ1) is 20.6. The third-order valence-corrected chi connectivity index (χ3v) is 9.17. The van der Waals surface area contributed by atoms with Crippen LogP contribution in [0.3, 0.4) is 0 Å². The molecule has 0 radical (unpaired) electrons. The summed E-state index contributed by atoms with van der Waals surface area (Å²) in [6.45, 7) is 11.4. The number of esters is 1. The number of ether oxygens (including phenoxy) is 3. The van der Waals surface area contributed by atoms with Gasteiger partial charge in [0.15, 0.2) is 0 Å². The number of aryl methyl sites for hydroxylation is 1. The highest BCUT2D eigenvalue weighted by Gasteiger charge is 2.39. The Morgan fingerprint density at radius 1 is 1.00 bits per heavy atom. The number of benzene rings is 2. The lowest BCUT2D eigenvalue weighted by Gasteiger charge is -2.32. The molecule has 1 aliphatic heterocycles. The van der Waals surface area contributed by atoms with E-state index in [4.69, 9.17) is 14.2 Å². The number of methoxy groups -OCH3 is 2. The molecule has 1 saturated carbocycles. The molecule has 0 bridgehead atoms. The molecule has 2 aromatic carbocycles. The van der Waals surface area contributed by atoms with Gasteiger partial charge in [0, 0.05) is 30.3 Å². The van der Waals surface area contributed by atoms with E-state index in [0.29, 0.717) is 36.0 Å². The van der Waals surface area contributed by atoms with Gasteiger partial charge in [-0.2, -0.15) is 0 Å².